The summed E-state index contributed by atoms with van der Waals surface area (Å²) < 4.78 is 7.09. The summed E-state index contributed by atoms with van der Waals surface area (Å²) in [7, 11) is 1.68. The van der Waals surface area contributed by atoms with Gasteiger partial charge in [0, 0.05) is 26.2 Å². The lowest BCUT2D eigenvalue weighted by Crippen LogP contribution is -2.49. The molecule has 2 aromatic carbocycles. The van der Waals surface area contributed by atoms with Crippen LogP contribution in [0, 0.1) is 6.92 Å². The van der Waals surface area contributed by atoms with Gasteiger partial charge >= 0.3 is 0 Å². The van der Waals surface area contributed by atoms with E-state index in [0.717, 1.165) is 30.2 Å². The van der Waals surface area contributed by atoms with Crippen LogP contribution in [-0.2, 0) is 0 Å². The van der Waals surface area contributed by atoms with Gasteiger partial charge in [-0.3, -0.25) is 4.79 Å². The number of hydrogen-bond acceptors (Lipinski definition) is 5. The van der Waals surface area contributed by atoms with E-state index < -0.39 is 0 Å². The second kappa shape index (κ2) is 7.72. The second-order valence-corrected chi connectivity index (χ2v) is 6.80. The summed E-state index contributed by atoms with van der Waals surface area (Å²) in [5.74, 6) is 0.942. The van der Waals surface area contributed by atoms with Gasteiger partial charge in [-0.1, -0.05) is 29.8 Å². The monoisotopic (exact) mass is 377 g/mol. The fourth-order valence-corrected chi connectivity index (χ4v) is 3.37. The van der Waals surface area contributed by atoms with Crippen LogP contribution in [0.2, 0.25) is 0 Å². The minimum Gasteiger partial charge on any atom is -0.495 e. The topological polar surface area (TPSA) is 63.5 Å². The number of nitrogens with zero attached hydrogens (tertiary/aromatic N) is 5. The number of ether oxygens (including phenoxy) is 1. The summed E-state index contributed by atoms with van der Waals surface area (Å²) in [5.41, 5.74) is 3.12. The lowest BCUT2D eigenvalue weighted by Gasteiger charge is -2.36. The van der Waals surface area contributed by atoms with Gasteiger partial charge in [0.2, 0.25) is 5.82 Å². The molecule has 1 fully saturated rings. The fraction of sp³-hybridized carbons (Fsp3) is 0.286. The van der Waals surface area contributed by atoms with Crippen LogP contribution in [0.3, 0.4) is 0 Å². The van der Waals surface area contributed by atoms with Gasteiger partial charge in [-0.05, 0) is 31.2 Å². The molecule has 3 aromatic rings. The Morgan fingerprint density at radius 1 is 1.00 bits per heavy atom. The smallest absolute Gasteiger partial charge is 0.293 e. The van der Waals surface area contributed by atoms with Gasteiger partial charge in [-0.15, -0.1) is 5.10 Å². The molecule has 4 rings (SSSR count). The van der Waals surface area contributed by atoms with Crippen molar-refractivity contribution < 1.29 is 9.53 Å². The maximum absolute atomic E-state index is 12.8. The van der Waals surface area contributed by atoms with Crippen molar-refractivity contribution in [3.63, 3.8) is 0 Å². The maximum atomic E-state index is 12.8. The third kappa shape index (κ3) is 3.55. The first kappa shape index (κ1) is 18.0. The molecule has 0 radical (unpaired) electrons. The van der Waals surface area contributed by atoms with Crippen LogP contribution < -0.4 is 9.64 Å². The second-order valence-electron chi connectivity index (χ2n) is 6.80. The molecule has 0 saturated carbocycles. The van der Waals surface area contributed by atoms with Crippen molar-refractivity contribution in [3.05, 3.63) is 66.2 Å². The summed E-state index contributed by atoms with van der Waals surface area (Å²) >= 11 is 0. The summed E-state index contributed by atoms with van der Waals surface area (Å²) in [6.45, 7) is 4.76. The molecule has 0 N–H and O–H groups in total. The lowest BCUT2D eigenvalue weighted by atomic mass is 10.2. The van der Waals surface area contributed by atoms with Crippen molar-refractivity contribution in [2.75, 3.05) is 38.2 Å². The Balaban J connectivity index is 1.42. The Morgan fingerprint density at radius 3 is 2.43 bits per heavy atom. The molecule has 0 bridgehead atoms. The maximum Gasteiger partial charge on any atom is 0.293 e. The van der Waals surface area contributed by atoms with Gasteiger partial charge in [0.15, 0.2) is 0 Å². The van der Waals surface area contributed by atoms with Crippen LogP contribution in [0.15, 0.2) is 54.9 Å². The molecule has 0 unspecified atom stereocenters. The largest absolute Gasteiger partial charge is 0.495 e. The number of piperazine rings is 1. The molecule has 0 spiro atoms. The number of carbonyl (C=O) groups is 1. The average Bonchev–Trinajstić information content (AvgIpc) is 3.24. The van der Waals surface area contributed by atoms with Gasteiger partial charge in [0.05, 0.1) is 18.5 Å². The Morgan fingerprint density at radius 2 is 1.71 bits per heavy atom. The molecule has 7 nitrogen and oxygen atoms in total. The fourth-order valence-electron chi connectivity index (χ4n) is 3.37. The van der Waals surface area contributed by atoms with Crippen LogP contribution in [0.1, 0.15) is 16.2 Å². The molecule has 1 aliphatic heterocycles. The summed E-state index contributed by atoms with van der Waals surface area (Å²) in [6, 6.07) is 15.9. The summed E-state index contributed by atoms with van der Waals surface area (Å²) in [6.07, 6.45) is 1.59. The zero-order valence-electron chi connectivity index (χ0n) is 16.1. The van der Waals surface area contributed by atoms with E-state index in [1.807, 2.05) is 55.5 Å². The SMILES string of the molecule is COc1ccccc1N1CCN(C(=O)c2ncn(-c3ccc(C)cc3)n2)CC1. The van der Waals surface area contributed by atoms with E-state index in [0.29, 0.717) is 13.1 Å². The number of carbonyl (C=O) groups excluding carboxylic acids is 1. The number of aromatic nitrogens is 3. The number of methoxy groups -OCH3 is 1. The minimum atomic E-state index is -0.134. The van der Waals surface area contributed by atoms with E-state index in [4.69, 9.17) is 4.74 Å². The Hall–Kier alpha value is -3.35. The van der Waals surface area contributed by atoms with Crippen molar-refractivity contribution in [2.24, 2.45) is 0 Å². The van der Waals surface area contributed by atoms with Crippen molar-refractivity contribution in [1.82, 2.24) is 19.7 Å². The quantitative estimate of drug-likeness (QED) is 0.699. The zero-order chi connectivity index (χ0) is 19.5. The Bertz CT molecular complexity index is 959. The van der Waals surface area contributed by atoms with Gasteiger partial charge in [-0.25, -0.2) is 9.67 Å². The van der Waals surface area contributed by atoms with E-state index in [2.05, 4.69) is 15.0 Å². The van der Waals surface area contributed by atoms with Gasteiger partial charge in [0.1, 0.15) is 12.1 Å². The number of anilines is 1. The standard InChI is InChI=1S/C21H23N5O2/c1-16-7-9-17(10-8-16)26-15-22-20(23-26)21(27)25-13-11-24(12-14-25)18-5-3-4-6-19(18)28-2/h3-10,15H,11-14H2,1-2H3. The van der Waals surface area contributed by atoms with Gasteiger partial charge < -0.3 is 14.5 Å². The predicted octanol–water partition coefficient (Wildman–Crippen LogP) is 2.55. The van der Waals surface area contributed by atoms with Crippen molar-refractivity contribution in [1.29, 1.82) is 0 Å². The Labute approximate surface area is 164 Å². The average molecular weight is 377 g/mol. The molecule has 1 saturated heterocycles. The number of para-hydroxylation sites is 2. The molecule has 1 aliphatic rings. The Kier molecular flexibility index (Phi) is 4.97. The third-order valence-corrected chi connectivity index (χ3v) is 4.97. The van der Waals surface area contributed by atoms with Crippen LogP contribution in [0.5, 0.6) is 5.75 Å². The van der Waals surface area contributed by atoms with E-state index in [1.165, 1.54) is 5.56 Å². The molecular formula is C21H23N5O2. The first-order valence-electron chi connectivity index (χ1n) is 9.31. The molecule has 7 heteroatoms. The van der Waals surface area contributed by atoms with Gasteiger partial charge in [-0.2, -0.15) is 0 Å². The summed E-state index contributed by atoms with van der Waals surface area (Å²) in [4.78, 5) is 21.1. The minimum absolute atomic E-state index is 0.134. The normalized spacial score (nSPS) is 14.2. The molecule has 0 atom stereocenters. The molecule has 2 heterocycles. The van der Waals surface area contributed by atoms with Crippen LogP contribution in [-0.4, -0.2) is 58.9 Å². The van der Waals surface area contributed by atoms with E-state index in [-0.39, 0.29) is 11.7 Å². The highest BCUT2D eigenvalue weighted by atomic mass is 16.5. The van der Waals surface area contributed by atoms with E-state index in [9.17, 15) is 4.79 Å². The number of benzene rings is 2. The van der Waals surface area contributed by atoms with Crippen LogP contribution >= 0.6 is 0 Å². The molecule has 1 aromatic heterocycles. The highest BCUT2D eigenvalue weighted by molar-refractivity contribution is 5.90. The van der Waals surface area contributed by atoms with Crippen molar-refractivity contribution in [2.45, 2.75) is 6.92 Å². The third-order valence-electron chi connectivity index (χ3n) is 4.97. The first-order chi connectivity index (χ1) is 13.7. The zero-order valence-corrected chi connectivity index (χ0v) is 16.1. The molecule has 1 amide bonds. The molecule has 144 valence electrons. The highest BCUT2D eigenvalue weighted by Gasteiger charge is 2.26. The van der Waals surface area contributed by atoms with E-state index >= 15 is 0 Å². The van der Waals surface area contributed by atoms with Crippen molar-refractivity contribution in [3.8, 4) is 11.4 Å². The number of hydrogen-bond donors (Lipinski definition) is 0. The predicted molar refractivity (Wildman–Crippen MR) is 107 cm³/mol. The van der Waals surface area contributed by atoms with Crippen LogP contribution in [0.25, 0.3) is 5.69 Å². The first-order valence-corrected chi connectivity index (χ1v) is 9.31. The molecular weight excluding hydrogens is 354 g/mol. The number of amides is 1. The van der Waals surface area contributed by atoms with Crippen molar-refractivity contribution >= 4 is 11.6 Å². The van der Waals surface area contributed by atoms with Crippen LogP contribution in [0.4, 0.5) is 5.69 Å². The lowest BCUT2D eigenvalue weighted by molar-refractivity contribution is 0.0734. The highest BCUT2D eigenvalue weighted by Crippen LogP contribution is 2.28. The molecule has 0 aliphatic carbocycles. The van der Waals surface area contributed by atoms with Gasteiger partial charge in [0.25, 0.3) is 5.91 Å². The van der Waals surface area contributed by atoms with E-state index in [1.54, 1.807) is 23.0 Å². The number of rotatable bonds is 4. The summed E-state index contributed by atoms with van der Waals surface area (Å²) in [5, 5.41) is 4.37. The molecule has 28 heavy (non-hydrogen) atoms. The number of aryl methyl sites for hydroxylation is 1.